The molecular formula is C18H23F3N2O3S. The second kappa shape index (κ2) is 6.77. The minimum Gasteiger partial charge on any atom is -0.349 e. The monoisotopic (exact) mass is 404 g/mol. The van der Waals surface area contributed by atoms with Crippen LogP contribution in [0.25, 0.3) is 0 Å². The molecule has 0 saturated carbocycles. The minimum absolute atomic E-state index is 0.152. The fourth-order valence-corrected chi connectivity index (χ4v) is 5.82. The molecule has 3 atom stereocenters. The van der Waals surface area contributed by atoms with Crippen molar-refractivity contribution in [3.63, 3.8) is 0 Å². The van der Waals surface area contributed by atoms with Gasteiger partial charge < -0.3 is 5.32 Å². The molecule has 150 valence electrons. The average molecular weight is 404 g/mol. The molecule has 0 bridgehead atoms. The standard InChI is InChI=1S/C18H23F3N2O3S/c1-17-11-14(12-6-5-7-13(10-12)18(19,20)21)23(27(2,25)26)15(17)8-3-4-9-16(24)22-17/h5-7,10,14-15H,3-4,8-9,11H2,1-2H3,(H,22,24)/t14-,15-,17-/m0/s1. The van der Waals surface area contributed by atoms with E-state index in [1.165, 1.54) is 16.4 Å². The zero-order chi connectivity index (χ0) is 20.0. The summed E-state index contributed by atoms with van der Waals surface area (Å²) in [5, 5.41) is 2.94. The lowest BCUT2D eigenvalue weighted by Gasteiger charge is -2.37. The molecule has 0 aliphatic carbocycles. The van der Waals surface area contributed by atoms with Gasteiger partial charge in [0.25, 0.3) is 0 Å². The molecule has 2 heterocycles. The van der Waals surface area contributed by atoms with Crippen molar-refractivity contribution in [2.45, 2.75) is 62.8 Å². The summed E-state index contributed by atoms with van der Waals surface area (Å²) in [5.74, 6) is -0.152. The second-order valence-electron chi connectivity index (χ2n) is 7.66. The van der Waals surface area contributed by atoms with Crippen LogP contribution in [0.1, 0.15) is 56.2 Å². The van der Waals surface area contributed by atoms with Gasteiger partial charge in [0.15, 0.2) is 0 Å². The zero-order valence-electron chi connectivity index (χ0n) is 15.2. The Bertz CT molecular complexity index is 840. The second-order valence-corrected chi connectivity index (χ2v) is 9.55. The Morgan fingerprint density at radius 3 is 2.59 bits per heavy atom. The molecule has 27 heavy (non-hydrogen) atoms. The van der Waals surface area contributed by atoms with E-state index >= 15 is 0 Å². The summed E-state index contributed by atoms with van der Waals surface area (Å²) in [6.45, 7) is 1.78. The largest absolute Gasteiger partial charge is 0.416 e. The van der Waals surface area contributed by atoms with Crippen LogP contribution in [-0.2, 0) is 21.0 Å². The molecule has 0 spiro atoms. The van der Waals surface area contributed by atoms with Crippen LogP contribution in [0.3, 0.4) is 0 Å². The number of rotatable bonds is 2. The molecule has 1 aromatic carbocycles. The number of sulfonamides is 1. The molecule has 0 unspecified atom stereocenters. The van der Waals surface area contributed by atoms with E-state index in [4.69, 9.17) is 0 Å². The van der Waals surface area contributed by atoms with Gasteiger partial charge in [-0.3, -0.25) is 4.79 Å². The fraction of sp³-hybridized carbons (Fsp3) is 0.611. The molecule has 0 radical (unpaired) electrons. The van der Waals surface area contributed by atoms with E-state index in [9.17, 15) is 26.4 Å². The molecule has 2 saturated heterocycles. The van der Waals surface area contributed by atoms with E-state index in [1.54, 1.807) is 6.92 Å². The number of fused-ring (bicyclic) bond motifs is 1. The van der Waals surface area contributed by atoms with Crippen LogP contribution in [0.2, 0.25) is 0 Å². The number of carbonyl (C=O) groups is 1. The van der Waals surface area contributed by atoms with Crippen LogP contribution in [0.4, 0.5) is 13.2 Å². The Balaban J connectivity index is 2.08. The third kappa shape index (κ3) is 3.99. The number of nitrogens with one attached hydrogen (secondary N) is 1. The smallest absolute Gasteiger partial charge is 0.349 e. The van der Waals surface area contributed by atoms with Gasteiger partial charge in [-0.15, -0.1) is 0 Å². The van der Waals surface area contributed by atoms with Gasteiger partial charge in [-0.1, -0.05) is 18.6 Å². The van der Waals surface area contributed by atoms with E-state index in [2.05, 4.69) is 5.32 Å². The molecule has 2 aliphatic heterocycles. The number of hydrogen-bond donors (Lipinski definition) is 1. The Morgan fingerprint density at radius 1 is 1.26 bits per heavy atom. The Kier molecular flexibility index (Phi) is 5.05. The van der Waals surface area contributed by atoms with Crippen molar-refractivity contribution in [2.24, 2.45) is 0 Å². The summed E-state index contributed by atoms with van der Waals surface area (Å²) >= 11 is 0. The molecule has 2 aliphatic rings. The fourth-order valence-electron chi connectivity index (χ4n) is 4.36. The Hall–Kier alpha value is -1.61. The first-order chi connectivity index (χ1) is 12.4. The highest BCUT2D eigenvalue weighted by atomic mass is 32.2. The molecule has 1 amide bonds. The lowest BCUT2D eigenvalue weighted by molar-refractivity contribution is -0.137. The summed E-state index contributed by atoms with van der Waals surface area (Å²) in [7, 11) is -3.70. The first-order valence-electron chi connectivity index (χ1n) is 8.88. The number of halogens is 3. The van der Waals surface area contributed by atoms with Crippen LogP contribution < -0.4 is 5.32 Å². The van der Waals surface area contributed by atoms with Gasteiger partial charge in [-0.2, -0.15) is 17.5 Å². The summed E-state index contributed by atoms with van der Waals surface area (Å²) in [4.78, 5) is 12.1. The van der Waals surface area contributed by atoms with Gasteiger partial charge in [0.05, 0.1) is 23.4 Å². The van der Waals surface area contributed by atoms with E-state index in [-0.39, 0.29) is 17.9 Å². The van der Waals surface area contributed by atoms with E-state index in [1.807, 2.05) is 0 Å². The average Bonchev–Trinajstić information content (AvgIpc) is 2.81. The number of benzene rings is 1. The summed E-state index contributed by atoms with van der Waals surface area (Å²) < 4.78 is 65.8. The van der Waals surface area contributed by atoms with Crippen LogP contribution in [-0.4, -0.2) is 36.5 Å². The van der Waals surface area contributed by atoms with Gasteiger partial charge in [-0.25, -0.2) is 8.42 Å². The van der Waals surface area contributed by atoms with Crippen LogP contribution in [0.15, 0.2) is 24.3 Å². The highest BCUT2D eigenvalue weighted by Crippen LogP contribution is 2.47. The summed E-state index contributed by atoms with van der Waals surface area (Å²) in [6.07, 6.45) is -0.934. The van der Waals surface area contributed by atoms with Crippen molar-refractivity contribution >= 4 is 15.9 Å². The molecular weight excluding hydrogens is 381 g/mol. The van der Waals surface area contributed by atoms with Crippen molar-refractivity contribution in [2.75, 3.05) is 6.26 Å². The number of alkyl halides is 3. The van der Waals surface area contributed by atoms with Crippen molar-refractivity contribution in [1.29, 1.82) is 0 Å². The molecule has 0 aromatic heterocycles. The van der Waals surface area contributed by atoms with Crippen LogP contribution >= 0.6 is 0 Å². The van der Waals surface area contributed by atoms with E-state index in [0.29, 0.717) is 25.7 Å². The van der Waals surface area contributed by atoms with Gasteiger partial charge in [0.1, 0.15) is 0 Å². The number of carbonyl (C=O) groups excluding carboxylic acids is 1. The number of amides is 1. The number of hydrogen-bond acceptors (Lipinski definition) is 3. The number of nitrogens with zero attached hydrogens (tertiary/aromatic N) is 1. The van der Waals surface area contributed by atoms with Crippen molar-refractivity contribution < 1.29 is 26.4 Å². The van der Waals surface area contributed by atoms with Crippen molar-refractivity contribution in [3.8, 4) is 0 Å². The molecule has 9 heteroatoms. The molecule has 2 fully saturated rings. The van der Waals surface area contributed by atoms with Gasteiger partial charge in [-0.05, 0) is 43.9 Å². The van der Waals surface area contributed by atoms with E-state index < -0.39 is 39.4 Å². The lowest BCUT2D eigenvalue weighted by atomic mass is 9.85. The molecule has 1 aromatic rings. The molecule has 1 N–H and O–H groups in total. The third-order valence-corrected chi connectivity index (χ3v) is 6.78. The SMILES string of the molecule is C[C@]12C[C@@H](c3cccc(C(F)(F)F)c3)N(S(C)(=O)=O)[C@H]1CCCCC(=O)N2. The van der Waals surface area contributed by atoms with E-state index in [0.717, 1.165) is 18.4 Å². The minimum atomic E-state index is -4.51. The van der Waals surface area contributed by atoms with Crippen molar-refractivity contribution in [3.05, 3.63) is 35.4 Å². The molecule has 3 rings (SSSR count). The predicted octanol–water partition coefficient (Wildman–Crippen LogP) is 3.23. The first kappa shape index (κ1) is 20.1. The van der Waals surface area contributed by atoms with Crippen LogP contribution in [0, 0.1) is 0 Å². The summed E-state index contributed by atoms with van der Waals surface area (Å²) in [6, 6.07) is 3.54. The highest BCUT2D eigenvalue weighted by Gasteiger charge is 2.54. The van der Waals surface area contributed by atoms with Crippen LogP contribution in [0.5, 0.6) is 0 Å². The van der Waals surface area contributed by atoms with Gasteiger partial charge in [0, 0.05) is 12.5 Å². The first-order valence-corrected chi connectivity index (χ1v) is 10.7. The Morgan fingerprint density at radius 2 is 1.96 bits per heavy atom. The lowest BCUT2D eigenvalue weighted by Crippen LogP contribution is -2.56. The topological polar surface area (TPSA) is 66.5 Å². The van der Waals surface area contributed by atoms with Crippen molar-refractivity contribution in [1.82, 2.24) is 9.62 Å². The van der Waals surface area contributed by atoms with Gasteiger partial charge in [0.2, 0.25) is 15.9 Å². The normalized spacial score (nSPS) is 30.3. The highest BCUT2D eigenvalue weighted by molar-refractivity contribution is 7.88. The zero-order valence-corrected chi connectivity index (χ0v) is 16.0. The maximum absolute atomic E-state index is 13.1. The molecule has 5 nitrogen and oxygen atoms in total. The quantitative estimate of drug-likeness (QED) is 0.823. The predicted molar refractivity (Wildman–Crippen MR) is 94.3 cm³/mol. The Labute approximate surface area is 157 Å². The maximum Gasteiger partial charge on any atom is 0.416 e. The summed E-state index contributed by atoms with van der Waals surface area (Å²) in [5.41, 5.74) is -1.34. The third-order valence-electron chi connectivity index (χ3n) is 5.51. The van der Waals surface area contributed by atoms with Gasteiger partial charge >= 0.3 is 6.18 Å². The maximum atomic E-state index is 13.1.